The van der Waals surface area contributed by atoms with Crippen molar-refractivity contribution in [2.24, 2.45) is 0 Å². The number of nitrogens with zero attached hydrogens (tertiary/aromatic N) is 1. The fraction of sp³-hybridized carbons (Fsp3) is 0.444. The van der Waals surface area contributed by atoms with Crippen molar-refractivity contribution < 1.29 is 4.74 Å². The number of rotatable bonds is 5. The van der Waals surface area contributed by atoms with E-state index in [1.165, 1.54) is 48.8 Å². The molecule has 0 aromatic heterocycles. The Hall–Kier alpha value is -1.54. The molecule has 2 aromatic carbocycles. The lowest BCUT2D eigenvalue weighted by Crippen LogP contribution is -2.21. The highest BCUT2D eigenvalue weighted by Crippen LogP contribution is 2.22. The highest BCUT2D eigenvalue weighted by atomic mass is 16.5. The molecule has 0 spiro atoms. The summed E-state index contributed by atoms with van der Waals surface area (Å²) >= 11 is 0. The molecule has 20 heavy (non-hydrogen) atoms. The van der Waals surface area contributed by atoms with Crippen LogP contribution in [-0.2, 0) is 0 Å². The molecule has 0 N–H and O–H groups in total. The Balaban J connectivity index is 1.54. The zero-order valence-corrected chi connectivity index (χ0v) is 12.3. The number of benzene rings is 2. The predicted molar refractivity (Wildman–Crippen MR) is 84.5 cm³/mol. The van der Waals surface area contributed by atoms with E-state index in [0.29, 0.717) is 0 Å². The van der Waals surface area contributed by atoms with E-state index in [1.54, 1.807) is 0 Å². The van der Waals surface area contributed by atoms with E-state index in [4.69, 9.17) is 4.74 Å². The van der Waals surface area contributed by atoms with Crippen molar-refractivity contribution in [3.05, 3.63) is 42.0 Å². The number of likely N-dealkylation sites (tertiary alicyclic amines) is 1. The lowest BCUT2D eigenvalue weighted by molar-refractivity contribution is 0.263. The number of ether oxygens (including phenoxy) is 1. The van der Waals surface area contributed by atoms with Crippen molar-refractivity contribution in [1.82, 2.24) is 4.90 Å². The quantitative estimate of drug-likeness (QED) is 0.760. The van der Waals surface area contributed by atoms with Crippen LogP contribution in [0.15, 0.2) is 36.4 Å². The Kier molecular flexibility index (Phi) is 4.22. The summed E-state index contributed by atoms with van der Waals surface area (Å²) in [4.78, 5) is 2.53. The standard InChI is InChI=1S/C18H23NO/c1-15-5-6-16-7-8-18(14-17(16)13-15)20-12-4-11-19-9-2-3-10-19/h5-8,13-14H,2-4,9-12H2,1H3. The van der Waals surface area contributed by atoms with Crippen LogP contribution in [0.3, 0.4) is 0 Å². The minimum atomic E-state index is 0.813. The molecule has 0 amide bonds. The highest BCUT2D eigenvalue weighted by Gasteiger charge is 2.10. The molecule has 0 atom stereocenters. The van der Waals surface area contributed by atoms with Gasteiger partial charge in [0.1, 0.15) is 5.75 Å². The molecule has 0 unspecified atom stereocenters. The summed E-state index contributed by atoms with van der Waals surface area (Å²) in [5.74, 6) is 0.990. The topological polar surface area (TPSA) is 12.5 Å². The molecule has 2 heteroatoms. The Bertz CT molecular complexity index is 573. The molecule has 1 heterocycles. The van der Waals surface area contributed by atoms with Crippen molar-refractivity contribution in [1.29, 1.82) is 0 Å². The van der Waals surface area contributed by atoms with E-state index in [0.717, 1.165) is 18.8 Å². The smallest absolute Gasteiger partial charge is 0.119 e. The van der Waals surface area contributed by atoms with Crippen LogP contribution in [0.5, 0.6) is 5.75 Å². The van der Waals surface area contributed by atoms with Crippen LogP contribution in [0, 0.1) is 6.92 Å². The van der Waals surface area contributed by atoms with Crippen LogP contribution in [-0.4, -0.2) is 31.1 Å². The van der Waals surface area contributed by atoms with Gasteiger partial charge in [-0.25, -0.2) is 0 Å². The zero-order valence-electron chi connectivity index (χ0n) is 12.3. The summed E-state index contributed by atoms with van der Waals surface area (Å²) in [6.45, 7) is 6.66. The summed E-state index contributed by atoms with van der Waals surface area (Å²) in [7, 11) is 0. The van der Waals surface area contributed by atoms with E-state index >= 15 is 0 Å². The lowest BCUT2D eigenvalue weighted by atomic mass is 10.1. The van der Waals surface area contributed by atoms with Gasteiger partial charge in [-0.1, -0.05) is 29.8 Å². The average Bonchev–Trinajstić information content (AvgIpc) is 2.96. The molecule has 2 nitrogen and oxygen atoms in total. The van der Waals surface area contributed by atoms with Gasteiger partial charge in [-0.3, -0.25) is 0 Å². The number of aryl methyl sites for hydroxylation is 1. The van der Waals surface area contributed by atoms with E-state index in [2.05, 4.69) is 48.2 Å². The first kappa shape index (κ1) is 13.4. The van der Waals surface area contributed by atoms with Gasteiger partial charge >= 0.3 is 0 Å². The maximum Gasteiger partial charge on any atom is 0.119 e. The summed E-state index contributed by atoms with van der Waals surface area (Å²) in [6.07, 6.45) is 3.85. The maximum atomic E-state index is 5.89. The summed E-state index contributed by atoms with van der Waals surface area (Å²) in [6, 6.07) is 12.9. The van der Waals surface area contributed by atoms with Crippen LogP contribution in [0.1, 0.15) is 24.8 Å². The van der Waals surface area contributed by atoms with Gasteiger partial charge < -0.3 is 9.64 Å². The third-order valence-corrected chi connectivity index (χ3v) is 4.05. The maximum absolute atomic E-state index is 5.89. The first-order valence-electron chi connectivity index (χ1n) is 7.67. The molecule has 1 aliphatic rings. The number of hydrogen-bond acceptors (Lipinski definition) is 2. The molecular weight excluding hydrogens is 246 g/mol. The number of fused-ring (bicyclic) bond motifs is 1. The molecule has 0 saturated carbocycles. The van der Waals surface area contributed by atoms with Gasteiger partial charge in [0, 0.05) is 6.54 Å². The van der Waals surface area contributed by atoms with Gasteiger partial charge in [0.25, 0.3) is 0 Å². The van der Waals surface area contributed by atoms with Crippen LogP contribution in [0.4, 0.5) is 0 Å². The van der Waals surface area contributed by atoms with Gasteiger partial charge in [-0.05, 0) is 62.2 Å². The van der Waals surface area contributed by atoms with Crippen molar-refractivity contribution in [2.45, 2.75) is 26.2 Å². The third kappa shape index (κ3) is 3.31. The van der Waals surface area contributed by atoms with Gasteiger partial charge in [-0.2, -0.15) is 0 Å². The minimum Gasteiger partial charge on any atom is -0.494 e. The second-order valence-corrected chi connectivity index (χ2v) is 5.76. The molecule has 1 saturated heterocycles. The largest absolute Gasteiger partial charge is 0.494 e. The average molecular weight is 269 g/mol. The Morgan fingerprint density at radius 1 is 1.00 bits per heavy atom. The normalized spacial score (nSPS) is 15.8. The molecule has 0 bridgehead atoms. The fourth-order valence-electron chi connectivity index (χ4n) is 2.92. The van der Waals surface area contributed by atoms with Crippen LogP contribution < -0.4 is 4.74 Å². The Morgan fingerprint density at radius 3 is 2.65 bits per heavy atom. The van der Waals surface area contributed by atoms with E-state index < -0.39 is 0 Å². The highest BCUT2D eigenvalue weighted by molar-refractivity contribution is 5.84. The van der Waals surface area contributed by atoms with Crippen LogP contribution >= 0.6 is 0 Å². The predicted octanol–water partition coefficient (Wildman–Crippen LogP) is 4.01. The zero-order chi connectivity index (χ0) is 13.8. The summed E-state index contributed by atoms with van der Waals surface area (Å²) in [5.41, 5.74) is 1.30. The first-order valence-corrected chi connectivity index (χ1v) is 7.67. The molecule has 3 rings (SSSR count). The first-order chi connectivity index (χ1) is 9.81. The second kappa shape index (κ2) is 6.27. The van der Waals surface area contributed by atoms with E-state index in [9.17, 15) is 0 Å². The van der Waals surface area contributed by atoms with Crippen LogP contribution in [0.25, 0.3) is 10.8 Å². The molecule has 106 valence electrons. The Morgan fingerprint density at radius 2 is 1.80 bits per heavy atom. The Labute approximate surface area is 121 Å². The van der Waals surface area contributed by atoms with Crippen molar-refractivity contribution in [2.75, 3.05) is 26.2 Å². The molecule has 0 aliphatic carbocycles. The molecule has 2 aromatic rings. The second-order valence-electron chi connectivity index (χ2n) is 5.76. The SMILES string of the molecule is Cc1ccc2ccc(OCCCN3CCCC3)cc2c1. The van der Waals surface area contributed by atoms with E-state index in [1.807, 2.05) is 0 Å². The van der Waals surface area contributed by atoms with Gasteiger partial charge in [0.2, 0.25) is 0 Å². The lowest BCUT2D eigenvalue weighted by Gasteiger charge is -2.14. The fourth-order valence-corrected chi connectivity index (χ4v) is 2.92. The molecule has 1 aliphatic heterocycles. The van der Waals surface area contributed by atoms with Crippen LogP contribution in [0.2, 0.25) is 0 Å². The van der Waals surface area contributed by atoms with Gasteiger partial charge in [0.15, 0.2) is 0 Å². The van der Waals surface area contributed by atoms with Crippen molar-refractivity contribution in [3.8, 4) is 5.75 Å². The molecular formula is C18H23NO. The minimum absolute atomic E-state index is 0.813. The summed E-state index contributed by atoms with van der Waals surface area (Å²) < 4.78 is 5.89. The van der Waals surface area contributed by atoms with Gasteiger partial charge in [0.05, 0.1) is 6.61 Å². The van der Waals surface area contributed by atoms with Gasteiger partial charge in [-0.15, -0.1) is 0 Å². The molecule has 0 radical (unpaired) electrons. The van der Waals surface area contributed by atoms with Crippen molar-refractivity contribution >= 4 is 10.8 Å². The monoisotopic (exact) mass is 269 g/mol. The molecule has 1 fully saturated rings. The van der Waals surface area contributed by atoms with Crippen molar-refractivity contribution in [3.63, 3.8) is 0 Å². The number of hydrogen-bond donors (Lipinski definition) is 0. The third-order valence-electron chi connectivity index (χ3n) is 4.05. The summed E-state index contributed by atoms with van der Waals surface area (Å²) in [5, 5.41) is 2.54. The van der Waals surface area contributed by atoms with E-state index in [-0.39, 0.29) is 0 Å².